The summed E-state index contributed by atoms with van der Waals surface area (Å²) in [5.74, 6) is 0. The Bertz CT molecular complexity index is 2410. The average molecular weight is 582 g/mol. The number of aromatic nitrogens is 1. The van der Waals surface area contributed by atoms with Gasteiger partial charge in [-0.05, 0) is 46.5 Å². The van der Waals surface area contributed by atoms with E-state index in [1.165, 1.54) is 58.8 Å². The van der Waals surface area contributed by atoms with E-state index < -0.39 is 0 Å². The molecule has 1 unspecified atom stereocenters. The van der Waals surface area contributed by atoms with Gasteiger partial charge in [0.05, 0.1) is 16.7 Å². The van der Waals surface area contributed by atoms with Crippen LogP contribution in [0.2, 0.25) is 0 Å². The fraction of sp³-hybridized carbons (Fsp3) is 0.0250. The van der Waals surface area contributed by atoms with E-state index in [0.29, 0.717) is 0 Å². The van der Waals surface area contributed by atoms with Crippen LogP contribution in [0.5, 0.6) is 0 Å². The minimum absolute atomic E-state index is 0.280. The van der Waals surface area contributed by atoms with Gasteiger partial charge in [0.2, 0.25) is 6.29 Å². The summed E-state index contributed by atoms with van der Waals surface area (Å²) < 4.78 is 4.93. The molecule has 1 atom stereocenters. The Morgan fingerprint density at radius 3 is 2.07 bits per heavy atom. The van der Waals surface area contributed by atoms with Gasteiger partial charge in [-0.1, -0.05) is 121 Å². The van der Waals surface area contributed by atoms with Crippen molar-refractivity contribution in [3.8, 4) is 22.3 Å². The third kappa shape index (κ3) is 3.99. The first-order valence-corrected chi connectivity index (χ1v) is 15.7. The van der Waals surface area contributed by atoms with Gasteiger partial charge in [0.1, 0.15) is 0 Å². The average Bonchev–Trinajstić information content (AvgIpc) is 3.64. The van der Waals surface area contributed by atoms with Crippen molar-refractivity contribution in [3.05, 3.63) is 157 Å². The predicted octanol–water partition coefficient (Wildman–Crippen LogP) is 10.6. The van der Waals surface area contributed by atoms with Gasteiger partial charge in [0, 0.05) is 42.7 Å². The zero-order chi connectivity index (χ0) is 29.0. The number of hydrogen-bond acceptors (Lipinski definition) is 3. The van der Waals surface area contributed by atoms with Crippen molar-refractivity contribution in [2.24, 2.45) is 4.99 Å². The van der Waals surface area contributed by atoms with E-state index in [4.69, 9.17) is 4.99 Å². The van der Waals surface area contributed by atoms with Crippen molar-refractivity contribution in [3.63, 3.8) is 0 Å². The summed E-state index contributed by atoms with van der Waals surface area (Å²) in [5.41, 5.74) is 9.31. The number of nitrogens with one attached hydrogen (secondary N) is 1. The predicted molar refractivity (Wildman–Crippen MR) is 187 cm³/mol. The standard InChI is InChI=1S/C40H27N3S/c1-2-9-26(10-3-1)27-17-19-28(20-18-27)29-21-22-31-30-11-4-6-15-36(30)43(37(31)25-29)40-41-24-23-35(42-40)34-14-8-13-33-32-12-5-7-16-38(32)44-39(33)34/h1-25,40-41H. The molecule has 0 radical (unpaired) electrons. The summed E-state index contributed by atoms with van der Waals surface area (Å²) >= 11 is 1.84. The highest BCUT2D eigenvalue weighted by molar-refractivity contribution is 7.26. The molecule has 6 aromatic carbocycles. The van der Waals surface area contributed by atoms with Gasteiger partial charge in [-0.3, -0.25) is 0 Å². The quantitative estimate of drug-likeness (QED) is 0.220. The molecule has 0 aliphatic carbocycles. The lowest BCUT2D eigenvalue weighted by atomic mass is 9.99. The van der Waals surface area contributed by atoms with Gasteiger partial charge in [-0.2, -0.15) is 0 Å². The Labute approximate surface area is 259 Å². The number of fused-ring (bicyclic) bond motifs is 6. The minimum atomic E-state index is -0.280. The third-order valence-corrected chi connectivity index (χ3v) is 9.93. The van der Waals surface area contributed by atoms with Crippen LogP contribution in [0.15, 0.2) is 157 Å². The van der Waals surface area contributed by atoms with Crippen LogP contribution in [-0.4, -0.2) is 10.3 Å². The Kier molecular flexibility index (Phi) is 5.75. The lowest BCUT2D eigenvalue weighted by Crippen LogP contribution is -2.25. The monoisotopic (exact) mass is 581 g/mol. The highest BCUT2D eigenvalue weighted by Crippen LogP contribution is 2.38. The first-order valence-electron chi connectivity index (χ1n) is 14.9. The molecule has 208 valence electrons. The molecule has 0 saturated heterocycles. The van der Waals surface area contributed by atoms with Gasteiger partial charge >= 0.3 is 0 Å². The molecule has 4 heteroatoms. The van der Waals surface area contributed by atoms with Gasteiger partial charge in [-0.25, -0.2) is 4.99 Å². The van der Waals surface area contributed by atoms with Crippen LogP contribution in [0, 0.1) is 0 Å². The third-order valence-electron chi connectivity index (χ3n) is 8.71. The molecule has 44 heavy (non-hydrogen) atoms. The Hall–Kier alpha value is -5.45. The molecule has 8 aromatic rings. The van der Waals surface area contributed by atoms with Crippen molar-refractivity contribution < 1.29 is 0 Å². The van der Waals surface area contributed by atoms with Crippen molar-refractivity contribution in [1.82, 2.24) is 9.88 Å². The van der Waals surface area contributed by atoms with Gasteiger partial charge < -0.3 is 9.88 Å². The van der Waals surface area contributed by atoms with E-state index in [-0.39, 0.29) is 6.29 Å². The number of aliphatic imine (C=N–C) groups is 1. The molecule has 1 aliphatic heterocycles. The zero-order valence-corrected chi connectivity index (χ0v) is 24.6. The molecule has 1 N–H and O–H groups in total. The summed E-state index contributed by atoms with van der Waals surface area (Å²) in [6, 6.07) is 50.1. The van der Waals surface area contributed by atoms with Crippen LogP contribution in [0.4, 0.5) is 0 Å². The van der Waals surface area contributed by atoms with E-state index in [2.05, 4.69) is 155 Å². The van der Waals surface area contributed by atoms with Crippen molar-refractivity contribution in [2.45, 2.75) is 6.29 Å². The number of thiophene rings is 1. The Balaban J connectivity index is 1.18. The Morgan fingerprint density at radius 2 is 1.20 bits per heavy atom. The normalized spacial score (nSPS) is 14.8. The van der Waals surface area contributed by atoms with E-state index in [0.717, 1.165) is 16.7 Å². The molecule has 0 amide bonds. The lowest BCUT2D eigenvalue weighted by molar-refractivity contribution is 0.499. The molecule has 0 fully saturated rings. The van der Waals surface area contributed by atoms with E-state index in [1.54, 1.807) is 0 Å². The molecule has 2 aromatic heterocycles. The molecular formula is C40H27N3S. The molecule has 1 aliphatic rings. The summed E-state index contributed by atoms with van der Waals surface area (Å²) in [6.45, 7) is 0. The topological polar surface area (TPSA) is 29.3 Å². The van der Waals surface area contributed by atoms with Crippen molar-refractivity contribution in [2.75, 3.05) is 0 Å². The van der Waals surface area contributed by atoms with Crippen molar-refractivity contribution in [1.29, 1.82) is 0 Å². The first-order chi connectivity index (χ1) is 21.8. The second-order valence-corrected chi connectivity index (χ2v) is 12.3. The van der Waals surface area contributed by atoms with Gasteiger partial charge in [-0.15, -0.1) is 11.3 Å². The van der Waals surface area contributed by atoms with Crippen molar-refractivity contribution >= 4 is 59.0 Å². The van der Waals surface area contributed by atoms with Gasteiger partial charge in [0.15, 0.2) is 0 Å². The van der Waals surface area contributed by atoms with Crippen LogP contribution < -0.4 is 5.32 Å². The fourth-order valence-electron chi connectivity index (χ4n) is 6.59. The summed E-state index contributed by atoms with van der Waals surface area (Å²) in [4.78, 5) is 5.35. The number of allylic oxidation sites excluding steroid dienone is 1. The molecule has 0 spiro atoms. The molecule has 3 nitrogen and oxygen atoms in total. The number of rotatable bonds is 4. The second-order valence-electron chi connectivity index (χ2n) is 11.2. The van der Waals surface area contributed by atoms with Crippen LogP contribution in [-0.2, 0) is 0 Å². The minimum Gasteiger partial charge on any atom is -0.353 e. The van der Waals surface area contributed by atoms with E-state index in [9.17, 15) is 0 Å². The van der Waals surface area contributed by atoms with Crippen LogP contribution in [0.3, 0.4) is 0 Å². The summed E-state index contributed by atoms with van der Waals surface area (Å²) in [6.07, 6.45) is 3.87. The highest BCUT2D eigenvalue weighted by atomic mass is 32.1. The van der Waals surface area contributed by atoms with Crippen LogP contribution in [0.1, 0.15) is 11.9 Å². The SMILES string of the molecule is C1=CC(c2cccc3c2sc2ccccc23)=NC(n2c3ccccc3c3ccc(-c4ccc(-c5ccccc5)cc4)cc32)N1. The number of para-hydroxylation sites is 1. The maximum Gasteiger partial charge on any atom is 0.201 e. The van der Waals surface area contributed by atoms with E-state index in [1.807, 2.05) is 17.5 Å². The zero-order valence-electron chi connectivity index (χ0n) is 23.8. The molecule has 9 rings (SSSR count). The molecule has 3 heterocycles. The Morgan fingerprint density at radius 1 is 0.545 bits per heavy atom. The molecule has 0 saturated carbocycles. The molecule has 0 bridgehead atoms. The van der Waals surface area contributed by atoms with E-state index >= 15 is 0 Å². The number of nitrogens with zero attached hydrogens (tertiary/aromatic N) is 2. The highest BCUT2D eigenvalue weighted by Gasteiger charge is 2.21. The maximum absolute atomic E-state index is 5.35. The maximum atomic E-state index is 5.35. The number of benzene rings is 6. The number of hydrogen-bond donors (Lipinski definition) is 1. The van der Waals surface area contributed by atoms with Crippen LogP contribution >= 0.6 is 11.3 Å². The van der Waals surface area contributed by atoms with Gasteiger partial charge in [0.25, 0.3) is 0 Å². The first kappa shape index (κ1) is 25.1. The fourth-order valence-corrected chi connectivity index (χ4v) is 7.82. The smallest absolute Gasteiger partial charge is 0.201 e. The summed E-state index contributed by atoms with van der Waals surface area (Å²) in [5, 5.41) is 8.61. The lowest BCUT2D eigenvalue weighted by Gasteiger charge is -2.22. The molecular weight excluding hydrogens is 555 g/mol. The van der Waals surface area contributed by atoms with Crippen LogP contribution in [0.25, 0.3) is 64.2 Å². The largest absolute Gasteiger partial charge is 0.353 e. The second kappa shape index (κ2) is 10.1. The summed E-state index contributed by atoms with van der Waals surface area (Å²) in [7, 11) is 0.